The van der Waals surface area contributed by atoms with E-state index in [0.29, 0.717) is 6.42 Å². The Morgan fingerprint density at radius 3 is 2.00 bits per heavy atom. The number of carboxylic acids is 1. The van der Waals surface area contributed by atoms with Crippen LogP contribution in [0.2, 0.25) is 0 Å². The van der Waals surface area contributed by atoms with Crippen molar-refractivity contribution in [3.8, 4) is 0 Å². The first-order valence-electron chi connectivity index (χ1n) is 6.71. The number of rotatable bonds is 7. The monoisotopic (exact) mass is 257 g/mol. The van der Waals surface area contributed by atoms with E-state index in [4.69, 9.17) is 5.11 Å². The molecule has 0 aromatic rings. The molecule has 0 heterocycles. The fourth-order valence-electron chi connectivity index (χ4n) is 2.10. The molecule has 0 rings (SSSR count). The second-order valence-corrected chi connectivity index (χ2v) is 6.08. The van der Waals surface area contributed by atoms with Crippen LogP contribution in [0.4, 0.5) is 0 Å². The third kappa shape index (κ3) is 7.30. The number of nitrogens with one attached hydrogen (secondary N) is 1. The average molecular weight is 257 g/mol. The van der Waals surface area contributed by atoms with E-state index < -0.39 is 5.97 Å². The number of amides is 1. The summed E-state index contributed by atoms with van der Waals surface area (Å²) in [6.07, 6.45) is 2.24. The Bertz CT molecular complexity index is 277. The van der Waals surface area contributed by atoms with E-state index in [9.17, 15) is 9.59 Å². The van der Waals surface area contributed by atoms with Gasteiger partial charge in [0.15, 0.2) is 0 Å². The van der Waals surface area contributed by atoms with Crippen molar-refractivity contribution in [3.05, 3.63) is 0 Å². The summed E-state index contributed by atoms with van der Waals surface area (Å²) in [4.78, 5) is 22.8. The quantitative estimate of drug-likeness (QED) is 0.737. The lowest BCUT2D eigenvalue weighted by molar-refractivity contribution is -0.138. The largest absolute Gasteiger partial charge is 0.481 e. The van der Waals surface area contributed by atoms with Crippen LogP contribution in [0.1, 0.15) is 60.3 Å². The Balaban J connectivity index is 4.58. The topological polar surface area (TPSA) is 66.4 Å². The third-order valence-electron chi connectivity index (χ3n) is 2.98. The summed E-state index contributed by atoms with van der Waals surface area (Å²) in [6, 6.07) is -0.282. The maximum atomic E-state index is 12.0. The number of carbonyl (C=O) groups excluding carboxylic acids is 1. The number of carboxylic acid groups (broad SMARTS) is 1. The molecule has 18 heavy (non-hydrogen) atoms. The standard InChI is InChI=1S/C14H27NO3/c1-6-10(7-2)13(18)15-11(8-12(16)17)9-14(3,4)5/h10-11H,6-9H2,1-5H3,(H,15,18)(H,16,17). The summed E-state index contributed by atoms with van der Waals surface area (Å²) >= 11 is 0. The van der Waals surface area contributed by atoms with Crippen molar-refractivity contribution in [1.82, 2.24) is 5.32 Å². The van der Waals surface area contributed by atoms with E-state index in [0.717, 1.165) is 12.8 Å². The Kier molecular flexibility index (Phi) is 6.96. The van der Waals surface area contributed by atoms with Gasteiger partial charge in [0.2, 0.25) is 5.91 Å². The minimum absolute atomic E-state index is 0.00131. The van der Waals surface area contributed by atoms with Crippen molar-refractivity contribution in [2.24, 2.45) is 11.3 Å². The molecule has 1 atom stereocenters. The van der Waals surface area contributed by atoms with Gasteiger partial charge in [0.25, 0.3) is 0 Å². The van der Waals surface area contributed by atoms with Gasteiger partial charge in [-0.25, -0.2) is 0 Å². The maximum absolute atomic E-state index is 12.0. The molecule has 4 heteroatoms. The summed E-state index contributed by atoms with van der Waals surface area (Å²) in [6.45, 7) is 10.1. The average Bonchev–Trinajstić information content (AvgIpc) is 2.15. The first-order chi connectivity index (χ1) is 8.19. The van der Waals surface area contributed by atoms with Crippen molar-refractivity contribution in [2.45, 2.75) is 66.3 Å². The smallest absolute Gasteiger partial charge is 0.305 e. The van der Waals surface area contributed by atoms with Gasteiger partial charge in [0.1, 0.15) is 0 Å². The highest BCUT2D eigenvalue weighted by Gasteiger charge is 2.24. The lowest BCUT2D eigenvalue weighted by Crippen LogP contribution is -2.41. The zero-order chi connectivity index (χ0) is 14.3. The molecule has 2 N–H and O–H groups in total. The number of aliphatic carboxylic acids is 1. The first kappa shape index (κ1) is 16.9. The van der Waals surface area contributed by atoms with Gasteiger partial charge >= 0.3 is 5.97 Å². The lowest BCUT2D eigenvalue weighted by Gasteiger charge is -2.27. The summed E-state index contributed by atoms with van der Waals surface area (Å²) in [7, 11) is 0. The van der Waals surface area contributed by atoms with E-state index in [1.54, 1.807) is 0 Å². The van der Waals surface area contributed by atoms with Crippen LogP contribution in [-0.4, -0.2) is 23.0 Å². The molecule has 0 aromatic carbocycles. The number of hydrogen-bond acceptors (Lipinski definition) is 2. The lowest BCUT2D eigenvalue weighted by atomic mass is 9.86. The van der Waals surface area contributed by atoms with Crippen LogP contribution < -0.4 is 5.32 Å². The first-order valence-corrected chi connectivity index (χ1v) is 6.71. The van der Waals surface area contributed by atoms with Crippen molar-refractivity contribution < 1.29 is 14.7 Å². The van der Waals surface area contributed by atoms with Crippen molar-refractivity contribution in [3.63, 3.8) is 0 Å². The third-order valence-corrected chi connectivity index (χ3v) is 2.98. The van der Waals surface area contributed by atoms with Gasteiger partial charge in [-0.2, -0.15) is 0 Å². The zero-order valence-corrected chi connectivity index (χ0v) is 12.2. The molecule has 0 saturated carbocycles. The highest BCUT2D eigenvalue weighted by Crippen LogP contribution is 2.22. The van der Waals surface area contributed by atoms with E-state index in [1.807, 2.05) is 34.6 Å². The van der Waals surface area contributed by atoms with Crippen LogP contribution in [0.5, 0.6) is 0 Å². The van der Waals surface area contributed by atoms with Crippen molar-refractivity contribution >= 4 is 11.9 Å². The van der Waals surface area contributed by atoms with Gasteiger partial charge in [-0.15, -0.1) is 0 Å². The van der Waals surface area contributed by atoms with Crippen LogP contribution in [0.3, 0.4) is 0 Å². The molecule has 0 radical (unpaired) electrons. The molecule has 1 unspecified atom stereocenters. The van der Waals surface area contributed by atoms with Crippen LogP contribution in [0, 0.1) is 11.3 Å². The van der Waals surface area contributed by atoms with Gasteiger partial charge in [-0.1, -0.05) is 34.6 Å². The summed E-state index contributed by atoms with van der Waals surface area (Å²) in [5.41, 5.74) is 0.00131. The number of hydrogen-bond donors (Lipinski definition) is 2. The second kappa shape index (κ2) is 7.39. The summed E-state index contributed by atoms with van der Waals surface area (Å²) in [5, 5.41) is 11.8. The van der Waals surface area contributed by atoms with E-state index in [1.165, 1.54) is 0 Å². The Labute approximate surface area is 110 Å². The van der Waals surface area contributed by atoms with Crippen LogP contribution in [0.15, 0.2) is 0 Å². The van der Waals surface area contributed by atoms with Gasteiger partial charge < -0.3 is 10.4 Å². The minimum Gasteiger partial charge on any atom is -0.481 e. The normalized spacial score (nSPS) is 13.4. The molecule has 0 fully saturated rings. The van der Waals surface area contributed by atoms with Crippen LogP contribution in [-0.2, 0) is 9.59 Å². The van der Waals surface area contributed by atoms with Crippen LogP contribution in [0.25, 0.3) is 0 Å². The molecule has 0 aromatic heterocycles. The van der Waals surface area contributed by atoms with Gasteiger partial charge in [-0.3, -0.25) is 9.59 Å². The molecule has 0 aliphatic carbocycles. The van der Waals surface area contributed by atoms with Gasteiger partial charge in [0.05, 0.1) is 6.42 Å². The van der Waals surface area contributed by atoms with Crippen molar-refractivity contribution in [2.75, 3.05) is 0 Å². The van der Waals surface area contributed by atoms with E-state index in [2.05, 4.69) is 5.32 Å². The molecule has 0 aliphatic rings. The Morgan fingerprint density at radius 2 is 1.67 bits per heavy atom. The fraction of sp³-hybridized carbons (Fsp3) is 0.857. The number of carbonyl (C=O) groups is 2. The zero-order valence-electron chi connectivity index (χ0n) is 12.2. The molecule has 1 amide bonds. The Morgan fingerprint density at radius 1 is 1.17 bits per heavy atom. The highest BCUT2D eigenvalue weighted by atomic mass is 16.4. The molecule has 0 aliphatic heterocycles. The van der Waals surface area contributed by atoms with Crippen LogP contribution >= 0.6 is 0 Å². The molecular weight excluding hydrogens is 230 g/mol. The molecule has 0 saturated heterocycles. The van der Waals surface area contributed by atoms with E-state index in [-0.39, 0.29) is 29.7 Å². The predicted molar refractivity (Wildman–Crippen MR) is 72.3 cm³/mol. The van der Waals surface area contributed by atoms with Crippen molar-refractivity contribution in [1.29, 1.82) is 0 Å². The maximum Gasteiger partial charge on any atom is 0.305 e. The molecule has 106 valence electrons. The summed E-state index contributed by atoms with van der Waals surface area (Å²) in [5.74, 6) is -0.897. The second-order valence-electron chi connectivity index (χ2n) is 6.08. The SMILES string of the molecule is CCC(CC)C(=O)NC(CC(=O)O)CC(C)(C)C. The van der Waals surface area contributed by atoms with Gasteiger partial charge in [-0.05, 0) is 24.7 Å². The van der Waals surface area contributed by atoms with E-state index >= 15 is 0 Å². The molecule has 4 nitrogen and oxygen atoms in total. The minimum atomic E-state index is -0.867. The molecule has 0 bridgehead atoms. The Hall–Kier alpha value is -1.06. The predicted octanol–water partition coefficient (Wildman–Crippen LogP) is 2.82. The molecule has 0 spiro atoms. The highest BCUT2D eigenvalue weighted by molar-refractivity contribution is 5.79. The summed E-state index contributed by atoms with van der Waals surface area (Å²) < 4.78 is 0. The molecular formula is C14H27NO3. The fourth-order valence-corrected chi connectivity index (χ4v) is 2.10. The van der Waals surface area contributed by atoms with Gasteiger partial charge in [0, 0.05) is 12.0 Å².